The van der Waals surface area contributed by atoms with Crippen LogP contribution >= 0.6 is 0 Å². The van der Waals surface area contributed by atoms with Crippen LogP contribution < -0.4 is 37.2 Å². The van der Waals surface area contributed by atoms with Crippen molar-refractivity contribution in [3.8, 4) is 0 Å². The van der Waals surface area contributed by atoms with Gasteiger partial charge in [-0.05, 0) is 79.6 Å². The molecule has 1 aliphatic heterocycles. The third-order valence-corrected chi connectivity index (χ3v) is 12.0. The molecule has 31 nitrogen and oxygen atoms in total. The number of alkyl carbamates (subject to hydrolysis) is 2. The van der Waals surface area contributed by atoms with Crippen molar-refractivity contribution in [1.29, 1.82) is 0 Å². The maximum atomic E-state index is 13.4. The van der Waals surface area contributed by atoms with Crippen LogP contribution in [-0.2, 0) is 90.5 Å². The number of unbranched alkanes of at least 4 members (excludes halogenated alkanes) is 1. The zero-order valence-electron chi connectivity index (χ0n) is 52.9. The van der Waals surface area contributed by atoms with Crippen LogP contribution in [0, 0.1) is 5.92 Å². The second-order valence-corrected chi connectivity index (χ2v) is 22.4. The molecule has 9 N–H and O–H groups in total. The van der Waals surface area contributed by atoms with Crippen LogP contribution in [0.15, 0.2) is 0 Å². The fourth-order valence-corrected chi connectivity index (χ4v) is 7.80. The quantitative estimate of drug-likeness (QED) is 0.0373. The number of likely N-dealkylation sites (tertiary alicyclic amines) is 1. The van der Waals surface area contributed by atoms with Crippen LogP contribution in [0.4, 0.5) is 9.59 Å². The number of carbonyl (C=O) groups is 10. The molecule has 0 saturated carbocycles. The van der Waals surface area contributed by atoms with Crippen molar-refractivity contribution in [1.82, 2.24) is 42.1 Å². The fourth-order valence-electron chi connectivity index (χ4n) is 7.80. The predicted molar refractivity (Wildman–Crippen MR) is 315 cm³/mol. The topological polar surface area (TPSA) is 400 Å². The van der Waals surface area contributed by atoms with E-state index in [9.17, 15) is 58.2 Å². The van der Waals surface area contributed by atoms with Crippen molar-refractivity contribution in [2.24, 2.45) is 5.92 Å². The van der Waals surface area contributed by atoms with Crippen LogP contribution in [0.2, 0.25) is 0 Å². The molecule has 0 bridgehead atoms. The van der Waals surface area contributed by atoms with E-state index in [0.29, 0.717) is 72.0 Å². The van der Waals surface area contributed by atoms with Gasteiger partial charge in [0.05, 0.1) is 125 Å². The first-order chi connectivity index (χ1) is 41.8. The highest BCUT2D eigenvalue weighted by molar-refractivity contribution is 5.95. The molecule has 1 heterocycles. The molecule has 0 spiro atoms. The van der Waals surface area contributed by atoms with Crippen molar-refractivity contribution >= 4 is 59.6 Å². The third kappa shape index (κ3) is 43.6. The second-order valence-electron chi connectivity index (χ2n) is 22.4. The molecule has 0 aromatic heterocycles. The predicted octanol–water partition coefficient (Wildman–Crippen LogP) is 0.419. The Labute approximate surface area is 516 Å². The van der Waals surface area contributed by atoms with Crippen molar-refractivity contribution in [2.45, 2.75) is 149 Å². The van der Waals surface area contributed by atoms with Crippen LogP contribution in [0.1, 0.15) is 113 Å². The third-order valence-electron chi connectivity index (χ3n) is 12.0. The normalized spacial score (nSPS) is 14.3. The summed E-state index contributed by atoms with van der Waals surface area (Å²) in [4.78, 5) is 126. The summed E-state index contributed by atoms with van der Waals surface area (Å²) < 4.78 is 59.7. The maximum Gasteiger partial charge on any atom is 0.407 e. The number of carboxylic acids is 2. The molecule has 8 amide bonds. The highest BCUT2D eigenvalue weighted by atomic mass is 16.6. The number of hydrogen-bond acceptors (Lipinski definition) is 21. The van der Waals surface area contributed by atoms with E-state index in [4.69, 9.17) is 52.1 Å². The van der Waals surface area contributed by atoms with Gasteiger partial charge in [-0.1, -0.05) is 13.8 Å². The van der Waals surface area contributed by atoms with Crippen molar-refractivity contribution in [3.63, 3.8) is 0 Å². The van der Waals surface area contributed by atoms with E-state index in [1.54, 1.807) is 55.4 Å². The van der Waals surface area contributed by atoms with E-state index < -0.39 is 101 Å². The lowest BCUT2D eigenvalue weighted by Gasteiger charge is -2.29. The molecule has 4 atom stereocenters. The van der Waals surface area contributed by atoms with Crippen LogP contribution in [-0.4, -0.2) is 262 Å². The van der Waals surface area contributed by atoms with Crippen molar-refractivity contribution < 1.29 is 110 Å². The number of rotatable bonds is 51. The van der Waals surface area contributed by atoms with E-state index >= 15 is 0 Å². The SMILES string of the molecule is CC(C)[C@H](NC(=O)[C@@H]1CCCN1C(=O)[C@H](CC(=O)O)NC(=O)CCOCCOCCOCCNC(=O)[C@H](CCCCNC(=O)CCOCCOCCOCCNC(=O)OC(C)(C)C)NC(=O)CCOCCOCCOCCNC(=O)OC(C)(C)C)C(=O)O. The van der Waals surface area contributed by atoms with Crippen molar-refractivity contribution in [2.75, 3.05) is 152 Å². The molecule has 0 aliphatic carbocycles. The summed E-state index contributed by atoms with van der Waals surface area (Å²) in [6, 6.07) is -4.56. The number of carboxylic acid groups (broad SMARTS) is 2. The van der Waals surface area contributed by atoms with Gasteiger partial charge in [0.25, 0.3) is 0 Å². The van der Waals surface area contributed by atoms with E-state index in [1.807, 2.05) is 0 Å². The summed E-state index contributed by atoms with van der Waals surface area (Å²) in [7, 11) is 0. The lowest BCUT2D eigenvalue weighted by molar-refractivity contribution is -0.147. The first kappa shape index (κ1) is 80.0. The number of ether oxygens (including phenoxy) is 11. The number of hydrogen-bond donors (Lipinski definition) is 9. The molecule has 88 heavy (non-hydrogen) atoms. The molecular formula is C57H102N8O23. The van der Waals surface area contributed by atoms with E-state index in [0.717, 1.165) is 0 Å². The molecule has 0 aromatic carbocycles. The summed E-state index contributed by atoms with van der Waals surface area (Å²) in [5.74, 6) is -6.15. The van der Waals surface area contributed by atoms with Crippen LogP contribution in [0.25, 0.3) is 0 Å². The second kappa shape index (κ2) is 47.9. The summed E-state index contributed by atoms with van der Waals surface area (Å²) in [5, 5.41) is 37.4. The molecule has 508 valence electrons. The Balaban J connectivity index is 2.44. The van der Waals surface area contributed by atoms with Crippen LogP contribution in [0.5, 0.6) is 0 Å². The first-order valence-corrected chi connectivity index (χ1v) is 30.1. The number of aliphatic carboxylic acids is 2. The monoisotopic (exact) mass is 1270 g/mol. The summed E-state index contributed by atoms with van der Waals surface area (Å²) in [5.41, 5.74) is -1.17. The van der Waals surface area contributed by atoms with Gasteiger partial charge in [0.15, 0.2) is 0 Å². The first-order valence-electron chi connectivity index (χ1n) is 30.1. The highest BCUT2D eigenvalue weighted by Crippen LogP contribution is 2.20. The Morgan fingerprint density at radius 2 is 0.875 bits per heavy atom. The minimum Gasteiger partial charge on any atom is -0.481 e. The largest absolute Gasteiger partial charge is 0.481 e. The zero-order chi connectivity index (χ0) is 65.6. The molecule has 1 aliphatic rings. The van der Waals surface area contributed by atoms with Gasteiger partial charge < -0.3 is 104 Å². The lowest BCUT2D eigenvalue weighted by Crippen LogP contribution is -2.56. The number of nitrogens with zero attached hydrogens (tertiary/aromatic N) is 1. The molecule has 0 radical (unpaired) electrons. The zero-order valence-corrected chi connectivity index (χ0v) is 52.9. The molecule has 31 heteroatoms. The van der Waals surface area contributed by atoms with Gasteiger partial charge in [0.2, 0.25) is 35.4 Å². The lowest BCUT2D eigenvalue weighted by atomic mass is 10.0. The maximum absolute atomic E-state index is 13.4. The van der Waals surface area contributed by atoms with Gasteiger partial charge in [-0.3, -0.25) is 33.6 Å². The minimum absolute atomic E-state index is 0.0177. The molecule has 1 fully saturated rings. The Hall–Kier alpha value is -6.06. The summed E-state index contributed by atoms with van der Waals surface area (Å²) in [6.45, 7) is 18.9. The van der Waals surface area contributed by atoms with Gasteiger partial charge in [0, 0.05) is 52.0 Å². The van der Waals surface area contributed by atoms with Gasteiger partial charge in [-0.2, -0.15) is 0 Å². The Bertz CT molecular complexity index is 2040. The Morgan fingerprint density at radius 1 is 0.477 bits per heavy atom. The molecule has 0 aromatic rings. The van der Waals surface area contributed by atoms with E-state index in [1.165, 1.54) is 4.90 Å². The number of amides is 8. The smallest absolute Gasteiger partial charge is 0.407 e. The average molecular weight is 1270 g/mol. The minimum atomic E-state index is -1.47. The van der Waals surface area contributed by atoms with Crippen molar-refractivity contribution in [3.05, 3.63) is 0 Å². The van der Waals surface area contributed by atoms with E-state index in [2.05, 4.69) is 37.2 Å². The Kier molecular flexibility index (Phi) is 43.5. The molecule has 1 saturated heterocycles. The fraction of sp³-hybridized carbons (Fsp3) is 0.825. The summed E-state index contributed by atoms with van der Waals surface area (Å²) >= 11 is 0. The average Bonchev–Trinajstić information content (AvgIpc) is 3.42. The summed E-state index contributed by atoms with van der Waals surface area (Å²) in [6.07, 6.45) is 0.102. The van der Waals surface area contributed by atoms with E-state index in [-0.39, 0.29) is 137 Å². The van der Waals surface area contributed by atoms with Crippen LogP contribution in [0.3, 0.4) is 0 Å². The Morgan fingerprint density at radius 3 is 1.28 bits per heavy atom. The van der Waals surface area contributed by atoms with Gasteiger partial charge in [-0.15, -0.1) is 0 Å². The number of carbonyl (C=O) groups excluding carboxylic acids is 8. The highest BCUT2D eigenvalue weighted by Gasteiger charge is 2.40. The molecular weight excluding hydrogens is 1160 g/mol. The number of nitrogens with one attached hydrogen (secondary N) is 7. The standard InChI is InChI=1S/C57H102N8O23/c1-41(2)49(53(74)75)64-51(72)44-13-11-21-65(44)52(73)43(40-48(69)70)63-47(68)16-24-80-30-36-85-37-31-81-25-18-59-50(71)42(62-46(67)15-23-79-29-35-86-39-33-83-27-20-61-55(77)88-57(6,7)8)12-9-10-17-58-45(66)14-22-78-28-34-84-38-32-82-26-19-60-54(76)87-56(3,4)5/h41-44,49H,9-40H2,1-8H3,(H,58,66)(H,59,71)(H,60,76)(H,61,77)(H,62,67)(H,63,68)(H,64,72)(H,69,70)(H,74,75)/t42-,43-,44-,49-/m0/s1. The molecule has 0 unspecified atom stereocenters. The van der Waals surface area contributed by atoms with Gasteiger partial charge >= 0.3 is 24.1 Å². The molecule has 1 rings (SSSR count). The van der Waals surface area contributed by atoms with Gasteiger partial charge in [0.1, 0.15) is 35.4 Å². The van der Waals surface area contributed by atoms with Gasteiger partial charge in [-0.25, -0.2) is 14.4 Å².